The molecular weight excluding hydrogens is 252 g/mol. The maximum absolute atomic E-state index is 11.8. The number of aromatic amines is 1. The lowest BCUT2D eigenvalue weighted by atomic mass is 10.2. The molecule has 0 bridgehead atoms. The van der Waals surface area contributed by atoms with Crippen LogP contribution in [0.25, 0.3) is 11.2 Å². The Labute approximate surface area is 107 Å². The smallest absolute Gasteiger partial charge is 0.278 e. The molecule has 6 heteroatoms. The molecule has 3 aromatic rings. The standard InChI is InChI=1S/C12H9ClN4O/c13-12-15-10-9(11(18)16-12)17(7-14-10)6-8-4-2-1-3-5-8/h1-5,7H,6H2,(H,15,16,18). The van der Waals surface area contributed by atoms with E-state index in [9.17, 15) is 4.79 Å². The van der Waals surface area contributed by atoms with Crippen LogP contribution in [0.15, 0.2) is 41.5 Å². The van der Waals surface area contributed by atoms with Crippen LogP contribution < -0.4 is 5.56 Å². The third-order valence-electron chi connectivity index (χ3n) is 2.65. The number of hydrogen-bond acceptors (Lipinski definition) is 3. The predicted molar refractivity (Wildman–Crippen MR) is 68.7 cm³/mol. The molecule has 0 saturated heterocycles. The van der Waals surface area contributed by atoms with E-state index in [1.54, 1.807) is 10.9 Å². The van der Waals surface area contributed by atoms with Crippen molar-refractivity contribution in [3.63, 3.8) is 0 Å². The number of fused-ring (bicyclic) bond motifs is 1. The molecule has 0 radical (unpaired) electrons. The molecule has 90 valence electrons. The van der Waals surface area contributed by atoms with E-state index >= 15 is 0 Å². The number of nitrogens with one attached hydrogen (secondary N) is 1. The molecule has 2 aromatic heterocycles. The zero-order valence-electron chi connectivity index (χ0n) is 9.30. The molecule has 3 rings (SSSR count). The highest BCUT2D eigenvalue weighted by atomic mass is 35.5. The minimum absolute atomic E-state index is 0.0532. The van der Waals surface area contributed by atoms with Gasteiger partial charge in [0, 0.05) is 6.54 Å². The molecule has 0 aliphatic heterocycles. The van der Waals surface area contributed by atoms with Gasteiger partial charge in [0.2, 0.25) is 5.28 Å². The van der Waals surface area contributed by atoms with Gasteiger partial charge in [-0.15, -0.1) is 0 Å². The van der Waals surface area contributed by atoms with Crippen molar-refractivity contribution in [2.45, 2.75) is 6.54 Å². The molecule has 0 aliphatic rings. The van der Waals surface area contributed by atoms with Crippen LogP contribution in [0.3, 0.4) is 0 Å². The van der Waals surface area contributed by atoms with Crippen LogP contribution in [0, 0.1) is 0 Å². The topological polar surface area (TPSA) is 63.6 Å². The van der Waals surface area contributed by atoms with Crippen LogP contribution in [0.5, 0.6) is 0 Å². The lowest BCUT2D eigenvalue weighted by molar-refractivity contribution is 0.819. The Kier molecular flexibility index (Phi) is 2.60. The molecule has 0 amide bonds. The fraction of sp³-hybridized carbons (Fsp3) is 0.0833. The highest BCUT2D eigenvalue weighted by molar-refractivity contribution is 6.28. The van der Waals surface area contributed by atoms with Crippen molar-refractivity contribution in [1.29, 1.82) is 0 Å². The van der Waals surface area contributed by atoms with E-state index in [1.165, 1.54) is 0 Å². The first kappa shape index (κ1) is 11.0. The molecule has 5 nitrogen and oxygen atoms in total. The number of hydrogen-bond donors (Lipinski definition) is 1. The second-order valence-corrected chi connectivity index (χ2v) is 4.25. The van der Waals surface area contributed by atoms with E-state index < -0.39 is 0 Å². The third kappa shape index (κ3) is 1.89. The van der Waals surface area contributed by atoms with Crippen LogP contribution in [0.2, 0.25) is 5.28 Å². The van der Waals surface area contributed by atoms with E-state index in [4.69, 9.17) is 11.6 Å². The summed E-state index contributed by atoms with van der Waals surface area (Å²) in [6, 6.07) is 9.83. The number of aromatic nitrogens is 4. The Balaban J connectivity index is 2.11. The maximum Gasteiger partial charge on any atom is 0.278 e. The average molecular weight is 261 g/mol. The molecule has 0 atom stereocenters. The first-order chi connectivity index (χ1) is 8.74. The third-order valence-corrected chi connectivity index (χ3v) is 2.83. The van der Waals surface area contributed by atoms with E-state index in [1.807, 2.05) is 30.3 Å². The van der Waals surface area contributed by atoms with Gasteiger partial charge in [-0.2, -0.15) is 4.98 Å². The fourth-order valence-electron chi connectivity index (χ4n) is 1.86. The van der Waals surface area contributed by atoms with Crippen LogP contribution in [-0.2, 0) is 6.54 Å². The molecule has 2 heterocycles. The Morgan fingerprint density at radius 1 is 1.28 bits per heavy atom. The van der Waals surface area contributed by atoms with E-state index in [0.29, 0.717) is 17.7 Å². The van der Waals surface area contributed by atoms with Crippen molar-refractivity contribution in [2.24, 2.45) is 0 Å². The molecular formula is C12H9ClN4O. The summed E-state index contributed by atoms with van der Waals surface area (Å²) < 4.78 is 1.76. The van der Waals surface area contributed by atoms with Gasteiger partial charge in [-0.3, -0.25) is 9.78 Å². The molecule has 0 aliphatic carbocycles. The quantitative estimate of drug-likeness (QED) is 0.715. The van der Waals surface area contributed by atoms with E-state index in [-0.39, 0.29) is 10.8 Å². The van der Waals surface area contributed by atoms with Gasteiger partial charge in [0.15, 0.2) is 11.2 Å². The first-order valence-corrected chi connectivity index (χ1v) is 5.76. The largest absolute Gasteiger partial charge is 0.320 e. The van der Waals surface area contributed by atoms with Crippen molar-refractivity contribution in [3.05, 3.63) is 57.9 Å². The van der Waals surface area contributed by atoms with Gasteiger partial charge in [0.25, 0.3) is 5.56 Å². The van der Waals surface area contributed by atoms with Crippen molar-refractivity contribution in [3.8, 4) is 0 Å². The van der Waals surface area contributed by atoms with Crippen LogP contribution >= 0.6 is 11.6 Å². The second kappa shape index (κ2) is 4.27. The van der Waals surface area contributed by atoms with Gasteiger partial charge in [-0.1, -0.05) is 30.3 Å². The summed E-state index contributed by atoms with van der Waals surface area (Å²) in [5, 5.41) is 0.0532. The van der Waals surface area contributed by atoms with Crippen LogP contribution in [0.4, 0.5) is 0 Å². The highest BCUT2D eigenvalue weighted by Gasteiger charge is 2.09. The number of nitrogens with zero attached hydrogens (tertiary/aromatic N) is 3. The summed E-state index contributed by atoms with van der Waals surface area (Å²) in [5.41, 5.74) is 1.60. The van der Waals surface area contributed by atoms with Crippen LogP contribution in [-0.4, -0.2) is 19.5 Å². The number of imidazole rings is 1. The van der Waals surface area contributed by atoms with Crippen molar-refractivity contribution in [1.82, 2.24) is 19.5 Å². The lowest BCUT2D eigenvalue weighted by Gasteiger charge is -2.03. The molecule has 18 heavy (non-hydrogen) atoms. The van der Waals surface area contributed by atoms with E-state index in [0.717, 1.165) is 5.56 Å². The molecule has 0 unspecified atom stereocenters. The predicted octanol–water partition coefficient (Wildman–Crippen LogP) is 1.82. The number of halogens is 1. The van der Waals surface area contributed by atoms with Gasteiger partial charge in [0.1, 0.15) is 0 Å². The molecule has 1 aromatic carbocycles. The Bertz CT molecular complexity index is 748. The zero-order chi connectivity index (χ0) is 12.5. The molecule has 0 saturated carbocycles. The monoisotopic (exact) mass is 260 g/mol. The number of H-pyrrole nitrogens is 1. The first-order valence-electron chi connectivity index (χ1n) is 5.38. The lowest BCUT2D eigenvalue weighted by Crippen LogP contribution is -2.12. The number of benzene rings is 1. The summed E-state index contributed by atoms with van der Waals surface area (Å²) in [6.45, 7) is 0.573. The molecule has 1 N–H and O–H groups in total. The summed E-state index contributed by atoms with van der Waals surface area (Å²) in [7, 11) is 0. The van der Waals surface area contributed by atoms with Gasteiger partial charge in [-0.25, -0.2) is 4.98 Å². The summed E-state index contributed by atoms with van der Waals surface area (Å²) in [4.78, 5) is 22.4. The van der Waals surface area contributed by atoms with Crippen LogP contribution in [0.1, 0.15) is 5.56 Å². The molecule has 0 spiro atoms. The van der Waals surface area contributed by atoms with Crippen molar-refractivity contribution in [2.75, 3.05) is 0 Å². The average Bonchev–Trinajstić information content (AvgIpc) is 2.73. The normalized spacial score (nSPS) is 10.9. The number of rotatable bonds is 2. The SMILES string of the molecule is O=c1[nH]c(Cl)nc2ncn(Cc3ccccc3)c12. The van der Waals surface area contributed by atoms with Crippen molar-refractivity contribution >= 4 is 22.8 Å². The Hall–Kier alpha value is -2.14. The van der Waals surface area contributed by atoms with Gasteiger partial charge < -0.3 is 4.57 Å². The summed E-state index contributed by atoms with van der Waals surface area (Å²) >= 11 is 5.68. The van der Waals surface area contributed by atoms with Gasteiger partial charge >= 0.3 is 0 Å². The zero-order valence-corrected chi connectivity index (χ0v) is 10.1. The van der Waals surface area contributed by atoms with Gasteiger partial charge in [-0.05, 0) is 17.2 Å². The highest BCUT2D eigenvalue weighted by Crippen LogP contribution is 2.10. The minimum atomic E-state index is -0.279. The Morgan fingerprint density at radius 3 is 2.83 bits per heavy atom. The fourth-order valence-corrected chi connectivity index (χ4v) is 2.03. The maximum atomic E-state index is 11.8. The molecule has 0 fully saturated rings. The Morgan fingerprint density at radius 2 is 2.06 bits per heavy atom. The summed E-state index contributed by atoms with van der Waals surface area (Å²) in [5.74, 6) is 0. The summed E-state index contributed by atoms with van der Waals surface area (Å²) in [6.07, 6.45) is 1.59. The second-order valence-electron chi connectivity index (χ2n) is 3.89. The van der Waals surface area contributed by atoms with E-state index in [2.05, 4.69) is 15.0 Å². The van der Waals surface area contributed by atoms with Gasteiger partial charge in [0.05, 0.1) is 6.33 Å². The van der Waals surface area contributed by atoms with Crippen molar-refractivity contribution < 1.29 is 0 Å². The minimum Gasteiger partial charge on any atom is -0.320 e.